The van der Waals surface area contributed by atoms with Crippen LogP contribution in [-0.4, -0.2) is 17.3 Å². The summed E-state index contributed by atoms with van der Waals surface area (Å²) in [4.78, 5) is 12.0. The standard InChI is InChI=1S/C15H13N5O2/c1-22-11-6-7-12-13(8-11)15(21)19-18-14(12)9-2-4-10(5-3-9)17-20-16/h2-8H,1H3,(H2,16,17)(H,19,21). The maximum Gasteiger partial charge on any atom is 0.272 e. The Hall–Kier alpha value is -3.22. The number of ether oxygens (including phenoxy) is 1. The van der Waals surface area contributed by atoms with Crippen LogP contribution < -0.4 is 16.1 Å². The van der Waals surface area contributed by atoms with Crippen molar-refractivity contribution in [3.05, 3.63) is 52.8 Å². The predicted molar refractivity (Wildman–Crippen MR) is 83.1 cm³/mol. The third-order valence-electron chi connectivity index (χ3n) is 3.31. The first kappa shape index (κ1) is 13.7. The molecule has 0 fully saturated rings. The van der Waals surface area contributed by atoms with E-state index in [1.165, 1.54) is 0 Å². The van der Waals surface area contributed by atoms with E-state index in [2.05, 4.69) is 20.5 Å². The average molecular weight is 295 g/mol. The lowest BCUT2D eigenvalue weighted by Gasteiger charge is -2.07. The fourth-order valence-corrected chi connectivity index (χ4v) is 2.24. The highest BCUT2D eigenvalue weighted by Crippen LogP contribution is 2.28. The minimum atomic E-state index is -0.258. The van der Waals surface area contributed by atoms with Gasteiger partial charge in [0.2, 0.25) is 0 Å². The highest BCUT2D eigenvalue weighted by Gasteiger charge is 2.09. The van der Waals surface area contributed by atoms with E-state index < -0.39 is 0 Å². The zero-order valence-corrected chi connectivity index (χ0v) is 11.8. The van der Waals surface area contributed by atoms with E-state index in [1.807, 2.05) is 18.2 Å². The molecule has 0 saturated heterocycles. The Morgan fingerprint density at radius 1 is 1.14 bits per heavy atom. The second-order valence-electron chi connectivity index (χ2n) is 4.58. The minimum absolute atomic E-state index is 0.258. The van der Waals surface area contributed by atoms with Crippen molar-refractivity contribution in [2.45, 2.75) is 0 Å². The molecule has 110 valence electrons. The van der Waals surface area contributed by atoms with Gasteiger partial charge in [0.15, 0.2) is 0 Å². The van der Waals surface area contributed by atoms with Gasteiger partial charge in [-0.05, 0) is 30.3 Å². The second kappa shape index (κ2) is 5.65. The first-order valence-corrected chi connectivity index (χ1v) is 6.50. The zero-order chi connectivity index (χ0) is 15.5. The first-order valence-electron chi connectivity index (χ1n) is 6.50. The number of fused-ring (bicyclic) bond motifs is 1. The first-order chi connectivity index (χ1) is 10.7. The average Bonchev–Trinajstić information content (AvgIpc) is 2.56. The summed E-state index contributed by atoms with van der Waals surface area (Å²) in [5, 5.41) is 14.9. The van der Waals surface area contributed by atoms with Crippen LogP contribution in [0.2, 0.25) is 0 Å². The third-order valence-corrected chi connectivity index (χ3v) is 3.31. The summed E-state index contributed by atoms with van der Waals surface area (Å²) in [6.45, 7) is 0. The van der Waals surface area contributed by atoms with Gasteiger partial charge in [0.05, 0.1) is 23.9 Å². The molecule has 0 amide bonds. The van der Waals surface area contributed by atoms with Crippen LogP contribution in [0.1, 0.15) is 0 Å². The number of methoxy groups -OCH3 is 1. The number of benzene rings is 2. The Kier molecular flexibility index (Phi) is 3.53. The molecule has 3 N–H and O–H groups in total. The SMILES string of the molecule is COc1ccc2c(-c3ccc(N=NN)cc3)n[nH]c(=O)c2c1. The summed E-state index contributed by atoms with van der Waals surface area (Å²) in [6, 6.07) is 12.5. The summed E-state index contributed by atoms with van der Waals surface area (Å²) in [5.74, 6) is 5.64. The summed E-state index contributed by atoms with van der Waals surface area (Å²) in [7, 11) is 1.56. The van der Waals surface area contributed by atoms with Gasteiger partial charge in [-0.1, -0.05) is 17.4 Å². The van der Waals surface area contributed by atoms with Crippen LogP contribution in [0.3, 0.4) is 0 Å². The van der Waals surface area contributed by atoms with Crippen LogP contribution in [0.5, 0.6) is 5.75 Å². The molecule has 3 aromatic rings. The fraction of sp³-hybridized carbons (Fsp3) is 0.0667. The van der Waals surface area contributed by atoms with Crippen molar-refractivity contribution >= 4 is 16.5 Å². The number of hydrogen-bond donors (Lipinski definition) is 2. The Morgan fingerprint density at radius 2 is 1.91 bits per heavy atom. The topological polar surface area (TPSA) is 106 Å². The Balaban J connectivity index is 2.18. The monoisotopic (exact) mass is 295 g/mol. The van der Waals surface area contributed by atoms with E-state index >= 15 is 0 Å². The summed E-state index contributed by atoms with van der Waals surface area (Å²) < 4.78 is 5.16. The Labute approximate surface area is 125 Å². The highest BCUT2D eigenvalue weighted by atomic mass is 16.5. The number of nitrogens with zero attached hydrogens (tertiary/aromatic N) is 3. The molecule has 1 heterocycles. The van der Waals surface area contributed by atoms with Gasteiger partial charge in [0, 0.05) is 10.9 Å². The van der Waals surface area contributed by atoms with Crippen molar-refractivity contribution in [1.29, 1.82) is 0 Å². The van der Waals surface area contributed by atoms with E-state index in [4.69, 9.17) is 10.6 Å². The smallest absolute Gasteiger partial charge is 0.272 e. The van der Waals surface area contributed by atoms with Gasteiger partial charge in [-0.25, -0.2) is 5.10 Å². The predicted octanol–water partition coefficient (Wildman–Crippen LogP) is 2.56. The molecule has 0 aliphatic carbocycles. The van der Waals surface area contributed by atoms with Crippen molar-refractivity contribution in [3.8, 4) is 17.0 Å². The molecule has 0 aliphatic heterocycles. The third kappa shape index (κ3) is 2.39. The van der Waals surface area contributed by atoms with Crippen molar-refractivity contribution < 1.29 is 4.74 Å². The normalized spacial score (nSPS) is 11.1. The molecule has 0 spiro atoms. The van der Waals surface area contributed by atoms with Crippen molar-refractivity contribution in [1.82, 2.24) is 10.2 Å². The van der Waals surface area contributed by atoms with E-state index in [0.29, 0.717) is 22.5 Å². The fourth-order valence-electron chi connectivity index (χ4n) is 2.24. The van der Waals surface area contributed by atoms with E-state index in [0.717, 1.165) is 10.9 Å². The van der Waals surface area contributed by atoms with Crippen LogP contribution in [0.15, 0.2) is 57.6 Å². The van der Waals surface area contributed by atoms with E-state index in [9.17, 15) is 4.79 Å². The molecule has 0 saturated carbocycles. The van der Waals surface area contributed by atoms with Crippen molar-refractivity contribution in [3.63, 3.8) is 0 Å². The maximum atomic E-state index is 12.0. The Morgan fingerprint density at radius 3 is 2.59 bits per heavy atom. The van der Waals surface area contributed by atoms with Gasteiger partial charge in [-0.3, -0.25) is 4.79 Å². The molecule has 0 unspecified atom stereocenters. The van der Waals surface area contributed by atoms with Gasteiger partial charge in [0.1, 0.15) is 5.75 Å². The van der Waals surface area contributed by atoms with Gasteiger partial charge in [-0.2, -0.15) is 5.10 Å². The van der Waals surface area contributed by atoms with Crippen molar-refractivity contribution in [2.75, 3.05) is 7.11 Å². The molecule has 0 atom stereocenters. The minimum Gasteiger partial charge on any atom is -0.497 e. The molecule has 3 rings (SSSR count). The van der Waals surface area contributed by atoms with Gasteiger partial charge in [0.25, 0.3) is 5.56 Å². The molecule has 2 aromatic carbocycles. The van der Waals surface area contributed by atoms with Gasteiger partial charge < -0.3 is 10.6 Å². The van der Waals surface area contributed by atoms with E-state index in [-0.39, 0.29) is 5.56 Å². The number of hydrogen-bond acceptors (Lipinski definition) is 5. The molecule has 0 radical (unpaired) electrons. The Bertz CT molecular complexity index is 900. The number of H-pyrrole nitrogens is 1. The lowest BCUT2D eigenvalue weighted by Crippen LogP contribution is -2.09. The van der Waals surface area contributed by atoms with Crippen LogP contribution >= 0.6 is 0 Å². The quantitative estimate of drug-likeness (QED) is 0.440. The maximum absolute atomic E-state index is 12.0. The number of aromatic amines is 1. The van der Waals surface area contributed by atoms with Crippen LogP contribution in [0, 0.1) is 0 Å². The van der Waals surface area contributed by atoms with E-state index in [1.54, 1.807) is 31.4 Å². The lowest BCUT2D eigenvalue weighted by atomic mass is 10.0. The molecular formula is C15H13N5O2. The molecule has 1 aromatic heterocycles. The van der Waals surface area contributed by atoms with Crippen LogP contribution in [-0.2, 0) is 0 Å². The number of nitrogens with one attached hydrogen (secondary N) is 1. The number of rotatable bonds is 3. The molecule has 0 bridgehead atoms. The lowest BCUT2D eigenvalue weighted by molar-refractivity contribution is 0.415. The largest absolute Gasteiger partial charge is 0.497 e. The molecule has 22 heavy (non-hydrogen) atoms. The van der Waals surface area contributed by atoms with Crippen LogP contribution in [0.4, 0.5) is 5.69 Å². The van der Waals surface area contributed by atoms with Gasteiger partial charge >= 0.3 is 0 Å². The molecule has 7 heteroatoms. The van der Waals surface area contributed by atoms with Gasteiger partial charge in [-0.15, -0.1) is 5.11 Å². The summed E-state index contributed by atoms with van der Waals surface area (Å²) >= 11 is 0. The second-order valence-corrected chi connectivity index (χ2v) is 4.58. The number of aromatic nitrogens is 2. The summed E-state index contributed by atoms with van der Waals surface area (Å²) in [5.41, 5.74) is 1.91. The van der Waals surface area contributed by atoms with Crippen molar-refractivity contribution in [2.24, 2.45) is 16.2 Å². The molecule has 0 aliphatic rings. The molecule has 7 nitrogen and oxygen atoms in total. The zero-order valence-electron chi connectivity index (χ0n) is 11.8. The highest BCUT2D eigenvalue weighted by molar-refractivity contribution is 5.94. The van der Waals surface area contributed by atoms with Crippen LogP contribution in [0.25, 0.3) is 22.0 Å². The summed E-state index contributed by atoms with van der Waals surface area (Å²) in [6.07, 6.45) is 0. The number of nitrogens with two attached hydrogens (primary N) is 1. The molecular weight excluding hydrogens is 282 g/mol.